The van der Waals surface area contributed by atoms with Crippen molar-refractivity contribution in [3.05, 3.63) is 35.4 Å². The van der Waals surface area contributed by atoms with Gasteiger partial charge in [-0.25, -0.2) is 4.57 Å². The average molecular weight is 288 g/mol. The molecule has 19 heavy (non-hydrogen) atoms. The number of carbonyl (C=O) groups is 1. The largest absolute Gasteiger partial charge is 0.481 e. The lowest BCUT2D eigenvalue weighted by Gasteiger charge is -2.28. The molecule has 0 spiro atoms. The van der Waals surface area contributed by atoms with Crippen molar-refractivity contribution in [1.82, 2.24) is 0 Å². The summed E-state index contributed by atoms with van der Waals surface area (Å²) in [6, 6.07) is 6.86. The van der Waals surface area contributed by atoms with Crippen molar-refractivity contribution in [2.75, 3.05) is 0 Å². The zero-order valence-corrected chi connectivity index (χ0v) is 11.6. The lowest BCUT2D eigenvalue weighted by Crippen LogP contribution is -2.22. The Hall–Kier alpha value is -1.20. The van der Waals surface area contributed by atoms with E-state index in [2.05, 4.69) is 0 Å². The Morgan fingerprint density at radius 1 is 1.32 bits per heavy atom. The number of carboxylic acids is 1. The SMILES string of the molecule is CC(C)(OP(=O)(O)O)c1ccccc1CCC(=O)O. The van der Waals surface area contributed by atoms with Crippen LogP contribution in [-0.2, 0) is 25.9 Å². The van der Waals surface area contributed by atoms with Crippen LogP contribution in [0.2, 0.25) is 0 Å². The molecule has 6 nitrogen and oxygen atoms in total. The van der Waals surface area contributed by atoms with E-state index in [1.165, 1.54) is 13.8 Å². The highest BCUT2D eigenvalue weighted by molar-refractivity contribution is 7.46. The topological polar surface area (TPSA) is 104 Å². The van der Waals surface area contributed by atoms with Crippen LogP contribution >= 0.6 is 7.82 Å². The Bertz CT molecular complexity index is 505. The molecule has 0 unspecified atom stereocenters. The molecule has 1 aromatic carbocycles. The minimum Gasteiger partial charge on any atom is -0.481 e. The van der Waals surface area contributed by atoms with E-state index in [9.17, 15) is 9.36 Å². The highest BCUT2D eigenvalue weighted by Crippen LogP contribution is 2.45. The van der Waals surface area contributed by atoms with Gasteiger partial charge in [-0.05, 0) is 31.4 Å². The van der Waals surface area contributed by atoms with Gasteiger partial charge in [-0.2, -0.15) is 0 Å². The number of aliphatic carboxylic acids is 1. The second-order valence-corrected chi connectivity index (χ2v) is 5.81. The van der Waals surface area contributed by atoms with E-state index >= 15 is 0 Å². The van der Waals surface area contributed by atoms with Gasteiger partial charge >= 0.3 is 13.8 Å². The summed E-state index contributed by atoms with van der Waals surface area (Å²) in [6.45, 7) is 3.07. The Kier molecular flexibility index (Phi) is 4.87. The minimum absolute atomic E-state index is 0.0526. The molecule has 0 atom stereocenters. The van der Waals surface area contributed by atoms with Crippen LogP contribution in [-0.4, -0.2) is 20.9 Å². The van der Waals surface area contributed by atoms with E-state index in [-0.39, 0.29) is 12.8 Å². The number of phosphoric ester groups is 1. The van der Waals surface area contributed by atoms with Gasteiger partial charge in [0.15, 0.2) is 0 Å². The molecule has 106 valence electrons. The number of hydrogen-bond acceptors (Lipinski definition) is 3. The monoisotopic (exact) mass is 288 g/mol. The summed E-state index contributed by atoms with van der Waals surface area (Å²) < 4.78 is 15.8. The lowest BCUT2D eigenvalue weighted by molar-refractivity contribution is -0.137. The number of hydrogen-bond donors (Lipinski definition) is 3. The number of benzene rings is 1. The van der Waals surface area contributed by atoms with Gasteiger partial charge in [-0.1, -0.05) is 24.3 Å². The molecular formula is C12H17O6P. The Balaban J connectivity index is 3.04. The molecule has 0 aromatic heterocycles. The van der Waals surface area contributed by atoms with Crippen molar-refractivity contribution in [3.63, 3.8) is 0 Å². The van der Waals surface area contributed by atoms with Crippen LogP contribution < -0.4 is 0 Å². The Morgan fingerprint density at radius 2 is 1.89 bits per heavy atom. The second kappa shape index (κ2) is 5.84. The molecule has 3 N–H and O–H groups in total. The molecule has 0 aliphatic rings. The first-order chi connectivity index (χ1) is 8.62. The van der Waals surface area contributed by atoms with E-state index in [0.717, 1.165) is 0 Å². The zero-order chi connectivity index (χ0) is 14.7. The number of aryl methyl sites for hydroxylation is 1. The van der Waals surface area contributed by atoms with Crippen molar-refractivity contribution in [2.24, 2.45) is 0 Å². The summed E-state index contributed by atoms with van der Waals surface area (Å²) in [4.78, 5) is 28.4. The predicted octanol–water partition coefficient (Wildman–Crippen LogP) is 2.05. The highest BCUT2D eigenvalue weighted by atomic mass is 31.2. The lowest BCUT2D eigenvalue weighted by atomic mass is 9.91. The maximum Gasteiger partial charge on any atom is 0.470 e. The number of carboxylic acid groups (broad SMARTS) is 1. The van der Waals surface area contributed by atoms with Gasteiger partial charge in [0.25, 0.3) is 0 Å². The quantitative estimate of drug-likeness (QED) is 0.692. The molecule has 1 aromatic rings. The summed E-state index contributed by atoms with van der Waals surface area (Å²) in [6.07, 6.45) is 0.225. The molecule has 0 radical (unpaired) electrons. The summed E-state index contributed by atoms with van der Waals surface area (Å²) >= 11 is 0. The van der Waals surface area contributed by atoms with Crippen LogP contribution in [0.4, 0.5) is 0 Å². The van der Waals surface area contributed by atoms with Crippen molar-refractivity contribution in [1.29, 1.82) is 0 Å². The van der Waals surface area contributed by atoms with Crippen LogP contribution in [0.1, 0.15) is 31.4 Å². The number of phosphoric acid groups is 1. The summed E-state index contributed by atoms with van der Waals surface area (Å²) in [5.74, 6) is -0.927. The van der Waals surface area contributed by atoms with Gasteiger partial charge in [-0.15, -0.1) is 0 Å². The van der Waals surface area contributed by atoms with Gasteiger partial charge in [0.2, 0.25) is 0 Å². The van der Waals surface area contributed by atoms with E-state index in [1.807, 2.05) is 0 Å². The summed E-state index contributed by atoms with van der Waals surface area (Å²) in [5, 5.41) is 8.70. The molecule has 7 heteroatoms. The first-order valence-corrected chi connectivity index (χ1v) is 7.21. The fraction of sp³-hybridized carbons (Fsp3) is 0.417. The molecule has 0 fully saturated rings. The fourth-order valence-electron chi connectivity index (χ4n) is 1.91. The molecule has 0 aliphatic carbocycles. The standard InChI is InChI=1S/C12H17O6P/c1-12(2,18-19(15,16)17)10-6-4-3-5-9(10)7-8-11(13)14/h3-6H,7-8H2,1-2H3,(H,13,14)(H2,15,16,17). The molecule has 1 rings (SSSR count). The van der Waals surface area contributed by atoms with Crippen molar-refractivity contribution < 1.29 is 28.8 Å². The van der Waals surface area contributed by atoms with Crippen LogP contribution in [0, 0.1) is 0 Å². The van der Waals surface area contributed by atoms with Crippen LogP contribution in [0.3, 0.4) is 0 Å². The Labute approximate surface area is 111 Å². The molecule has 0 saturated heterocycles. The number of rotatable bonds is 6. The molecule has 0 bridgehead atoms. The molecule has 0 aliphatic heterocycles. The van der Waals surface area contributed by atoms with E-state index < -0.39 is 19.4 Å². The Morgan fingerprint density at radius 3 is 2.42 bits per heavy atom. The molecule has 0 saturated carbocycles. The van der Waals surface area contributed by atoms with Gasteiger partial charge in [-0.3, -0.25) is 9.32 Å². The van der Waals surface area contributed by atoms with E-state index in [1.54, 1.807) is 24.3 Å². The maximum absolute atomic E-state index is 11.0. The fourth-order valence-corrected chi connectivity index (χ4v) is 2.61. The third-order valence-electron chi connectivity index (χ3n) is 2.62. The molecule has 0 amide bonds. The zero-order valence-electron chi connectivity index (χ0n) is 10.7. The van der Waals surface area contributed by atoms with E-state index in [4.69, 9.17) is 19.4 Å². The highest BCUT2D eigenvalue weighted by Gasteiger charge is 2.32. The summed E-state index contributed by atoms with van der Waals surface area (Å²) in [5.41, 5.74) is 0.0663. The second-order valence-electron chi connectivity index (χ2n) is 4.64. The van der Waals surface area contributed by atoms with E-state index in [0.29, 0.717) is 11.1 Å². The first-order valence-electron chi connectivity index (χ1n) is 5.68. The van der Waals surface area contributed by atoms with Crippen LogP contribution in [0.25, 0.3) is 0 Å². The van der Waals surface area contributed by atoms with Crippen molar-refractivity contribution in [2.45, 2.75) is 32.3 Å². The molecule has 0 heterocycles. The predicted molar refractivity (Wildman–Crippen MR) is 68.6 cm³/mol. The third-order valence-corrected chi connectivity index (χ3v) is 3.32. The molecular weight excluding hydrogens is 271 g/mol. The summed E-state index contributed by atoms with van der Waals surface area (Å²) in [7, 11) is -4.63. The first kappa shape index (κ1) is 15.9. The smallest absolute Gasteiger partial charge is 0.470 e. The average Bonchev–Trinajstić information content (AvgIpc) is 2.23. The van der Waals surface area contributed by atoms with Crippen molar-refractivity contribution in [3.8, 4) is 0 Å². The van der Waals surface area contributed by atoms with Gasteiger partial charge < -0.3 is 14.9 Å². The van der Waals surface area contributed by atoms with Gasteiger partial charge in [0.05, 0.1) is 5.60 Å². The van der Waals surface area contributed by atoms with Crippen LogP contribution in [0.15, 0.2) is 24.3 Å². The van der Waals surface area contributed by atoms with Gasteiger partial charge in [0.1, 0.15) is 0 Å². The van der Waals surface area contributed by atoms with Gasteiger partial charge in [0, 0.05) is 6.42 Å². The third kappa shape index (κ3) is 5.12. The normalized spacial score (nSPS) is 12.4. The minimum atomic E-state index is -4.63. The van der Waals surface area contributed by atoms with Crippen LogP contribution in [0.5, 0.6) is 0 Å². The maximum atomic E-state index is 11.0. The van der Waals surface area contributed by atoms with Crippen molar-refractivity contribution >= 4 is 13.8 Å².